The third kappa shape index (κ3) is 6.06. The van der Waals surface area contributed by atoms with E-state index in [1.165, 1.54) is 12.1 Å². The number of pyridine rings is 2. The van der Waals surface area contributed by atoms with E-state index in [4.69, 9.17) is 15.7 Å². The fraction of sp³-hybridized carbons (Fsp3) is 0.162. The van der Waals surface area contributed by atoms with E-state index in [1.807, 2.05) is 64.1 Å². The van der Waals surface area contributed by atoms with Gasteiger partial charge in [0.15, 0.2) is 17.8 Å². The number of amides is 1. The molecule has 1 aliphatic heterocycles. The second-order valence-corrected chi connectivity index (χ2v) is 11.6. The van der Waals surface area contributed by atoms with Crippen molar-refractivity contribution >= 4 is 29.2 Å². The molecule has 4 heterocycles. The molecule has 0 aliphatic carbocycles. The van der Waals surface area contributed by atoms with Gasteiger partial charge in [-0.05, 0) is 66.6 Å². The number of phenols is 1. The number of imidazole rings is 1. The predicted octanol–water partition coefficient (Wildman–Crippen LogP) is 5.60. The molecule has 1 saturated heterocycles. The van der Waals surface area contributed by atoms with Crippen molar-refractivity contribution in [3.05, 3.63) is 120 Å². The number of rotatable bonds is 7. The number of nitrogen functional groups attached to an aromatic ring is 1. The molecule has 0 saturated carbocycles. The second kappa shape index (κ2) is 12.9. The minimum Gasteiger partial charge on any atom is -0.507 e. The summed E-state index contributed by atoms with van der Waals surface area (Å²) < 4.78 is 2.04. The number of benzene rings is 3. The molecule has 234 valence electrons. The van der Waals surface area contributed by atoms with Gasteiger partial charge in [0.2, 0.25) is 0 Å². The highest BCUT2D eigenvalue weighted by molar-refractivity contribution is 5.96. The molecule has 0 unspecified atom stereocenters. The topological polar surface area (TPSA) is 130 Å². The number of aromatic nitrogens is 4. The number of fused-ring (bicyclic) bond motifs is 1. The first-order valence-corrected chi connectivity index (χ1v) is 15.5. The SMILES string of the molecule is Nc1ncccc1-c1nc2ccc(-c3ccccc3)nc2n1-c1ccc(CN2CCCN(C(=O)c3ccc(O)c(C=O)c3)CC2)cc1. The molecule has 47 heavy (non-hydrogen) atoms. The lowest BCUT2D eigenvalue weighted by atomic mass is 10.1. The molecule has 0 spiro atoms. The van der Waals surface area contributed by atoms with E-state index < -0.39 is 0 Å². The first-order chi connectivity index (χ1) is 23.0. The van der Waals surface area contributed by atoms with Crippen molar-refractivity contribution in [1.29, 1.82) is 0 Å². The van der Waals surface area contributed by atoms with Crippen LogP contribution in [0.4, 0.5) is 5.82 Å². The van der Waals surface area contributed by atoms with E-state index in [-0.39, 0.29) is 17.2 Å². The van der Waals surface area contributed by atoms with Crippen LogP contribution < -0.4 is 5.73 Å². The van der Waals surface area contributed by atoms with Crippen LogP contribution in [0.25, 0.3) is 39.5 Å². The summed E-state index contributed by atoms with van der Waals surface area (Å²) in [6, 6.07) is 30.6. The van der Waals surface area contributed by atoms with Gasteiger partial charge in [0.05, 0.1) is 16.8 Å². The maximum atomic E-state index is 13.2. The summed E-state index contributed by atoms with van der Waals surface area (Å²) in [5.74, 6) is 0.798. The Morgan fingerprint density at radius 2 is 1.70 bits per heavy atom. The van der Waals surface area contributed by atoms with Gasteiger partial charge in [-0.2, -0.15) is 0 Å². The van der Waals surface area contributed by atoms with Crippen LogP contribution >= 0.6 is 0 Å². The fourth-order valence-corrected chi connectivity index (χ4v) is 6.06. The third-order valence-electron chi connectivity index (χ3n) is 8.53. The van der Waals surface area contributed by atoms with Gasteiger partial charge >= 0.3 is 0 Å². The monoisotopic (exact) mass is 623 g/mol. The van der Waals surface area contributed by atoms with E-state index in [2.05, 4.69) is 34.1 Å². The molecule has 1 amide bonds. The van der Waals surface area contributed by atoms with Gasteiger partial charge in [-0.25, -0.2) is 15.0 Å². The Morgan fingerprint density at radius 1 is 0.872 bits per heavy atom. The molecule has 3 N–H and O–H groups in total. The van der Waals surface area contributed by atoms with Gasteiger partial charge in [-0.3, -0.25) is 19.1 Å². The minimum atomic E-state index is -0.138. The Balaban J connectivity index is 1.13. The van der Waals surface area contributed by atoms with Crippen LogP contribution in [0.15, 0.2) is 103 Å². The molecule has 1 aliphatic rings. The lowest BCUT2D eigenvalue weighted by Crippen LogP contribution is -2.35. The Hall–Kier alpha value is -5.87. The van der Waals surface area contributed by atoms with Gasteiger partial charge in [0, 0.05) is 55.7 Å². The van der Waals surface area contributed by atoms with Gasteiger partial charge in [0.25, 0.3) is 5.91 Å². The number of carbonyl (C=O) groups is 2. The quantitative estimate of drug-likeness (QED) is 0.220. The maximum absolute atomic E-state index is 13.2. The molecular weight excluding hydrogens is 590 g/mol. The molecule has 3 aromatic carbocycles. The molecule has 1 fully saturated rings. The molecular formula is C37H33N7O3. The van der Waals surface area contributed by atoms with Crippen molar-refractivity contribution in [3.63, 3.8) is 0 Å². The number of anilines is 1. The van der Waals surface area contributed by atoms with Crippen LogP contribution in [0.2, 0.25) is 0 Å². The highest BCUT2D eigenvalue weighted by atomic mass is 16.3. The Kier molecular flexibility index (Phi) is 8.16. The molecule has 10 heteroatoms. The number of nitrogens with two attached hydrogens (primary N) is 1. The van der Waals surface area contributed by atoms with Crippen LogP contribution in [0.1, 0.15) is 32.7 Å². The van der Waals surface area contributed by atoms with Gasteiger partial charge in [-0.1, -0.05) is 42.5 Å². The largest absolute Gasteiger partial charge is 0.507 e. The summed E-state index contributed by atoms with van der Waals surface area (Å²) in [7, 11) is 0. The zero-order valence-corrected chi connectivity index (χ0v) is 25.7. The first-order valence-electron chi connectivity index (χ1n) is 15.5. The molecule has 0 radical (unpaired) electrons. The lowest BCUT2D eigenvalue weighted by molar-refractivity contribution is 0.0761. The summed E-state index contributed by atoms with van der Waals surface area (Å²) in [5.41, 5.74) is 13.0. The molecule has 7 rings (SSSR count). The Labute approximate surface area is 271 Å². The number of hydrogen-bond acceptors (Lipinski definition) is 8. The molecule has 0 atom stereocenters. The lowest BCUT2D eigenvalue weighted by Gasteiger charge is -2.22. The summed E-state index contributed by atoms with van der Waals surface area (Å²) in [6.45, 7) is 3.50. The smallest absolute Gasteiger partial charge is 0.253 e. The predicted molar refractivity (Wildman–Crippen MR) is 181 cm³/mol. The van der Waals surface area contributed by atoms with Crippen molar-refractivity contribution in [2.24, 2.45) is 0 Å². The van der Waals surface area contributed by atoms with E-state index in [0.29, 0.717) is 36.6 Å². The van der Waals surface area contributed by atoms with Crippen LogP contribution in [0.5, 0.6) is 5.75 Å². The zero-order valence-electron chi connectivity index (χ0n) is 25.7. The van der Waals surface area contributed by atoms with Crippen LogP contribution in [0.3, 0.4) is 0 Å². The van der Waals surface area contributed by atoms with Crippen LogP contribution in [-0.2, 0) is 6.54 Å². The van der Waals surface area contributed by atoms with E-state index in [9.17, 15) is 14.7 Å². The highest BCUT2D eigenvalue weighted by Gasteiger charge is 2.22. The van der Waals surface area contributed by atoms with Crippen molar-refractivity contribution in [1.82, 2.24) is 29.3 Å². The third-order valence-corrected chi connectivity index (χ3v) is 8.53. The maximum Gasteiger partial charge on any atom is 0.253 e. The van der Waals surface area contributed by atoms with E-state index >= 15 is 0 Å². The van der Waals surface area contributed by atoms with Crippen molar-refractivity contribution in [2.75, 3.05) is 31.9 Å². The highest BCUT2D eigenvalue weighted by Crippen LogP contribution is 2.32. The number of aldehydes is 1. The summed E-state index contributed by atoms with van der Waals surface area (Å²) in [6.07, 6.45) is 3.06. The molecule has 3 aromatic heterocycles. The van der Waals surface area contributed by atoms with Gasteiger partial charge in [0.1, 0.15) is 17.1 Å². The Morgan fingerprint density at radius 3 is 2.49 bits per heavy atom. The van der Waals surface area contributed by atoms with Crippen LogP contribution in [-0.4, -0.2) is 72.8 Å². The van der Waals surface area contributed by atoms with Gasteiger partial charge in [-0.15, -0.1) is 0 Å². The average molecular weight is 624 g/mol. The average Bonchev–Trinajstić information content (AvgIpc) is 3.32. The molecule has 10 nitrogen and oxygen atoms in total. The minimum absolute atomic E-state index is 0.114. The van der Waals surface area contributed by atoms with Crippen molar-refractivity contribution in [3.8, 4) is 34.1 Å². The fourth-order valence-electron chi connectivity index (χ4n) is 6.06. The zero-order chi connectivity index (χ0) is 32.3. The molecule has 0 bridgehead atoms. The van der Waals surface area contributed by atoms with Gasteiger partial charge < -0.3 is 15.7 Å². The second-order valence-electron chi connectivity index (χ2n) is 11.6. The van der Waals surface area contributed by atoms with Crippen LogP contribution in [0, 0.1) is 0 Å². The van der Waals surface area contributed by atoms with E-state index in [1.54, 1.807) is 12.3 Å². The van der Waals surface area contributed by atoms with E-state index in [0.717, 1.165) is 65.3 Å². The number of phenolic OH excluding ortho intramolecular Hbond substituents is 1. The summed E-state index contributed by atoms with van der Waals surface area (Å²) >= 11 is 0. The number of carbonyl (C=O) groups excluding carboxylic acids is 2. The number of aromatic hydroxyl groups is 1. The van der Waals surface area contributed by atoms with Crippen molar-refractivity contribution in [2.45, 2.75) is 13.0 Å². The Bertz CT molecular complexity index is 2080. The first kappa shape index (κ1) is 29.8. The normalized spacial score (nSPS) is 13.8. The summed E-state index contributed by atoms with van der Waals surface area (Å²) in [5, 5.41) is 9.82. The standard InChI is InChI=1S/C37H33N7O3/c38-34-30(8-4-17-39-34)35-41-32-15-14-31(26-6-2-1-3-7-26)40-36(32)44(35)29-12-9-25(10-13-29)23-42-18-5-19-43(21-20-42)37(47)27-11-16-33(46)28(22-27)24-45/h1-4,6-17,22,24,46H,5,18-21,23H2,(H2,38,39). The number of hydrogen-bond donors (Lipinski definition) is 2. The number of nitrogens with zero attached hydrogens (tertiary/aromatic N) is 6. The molecule has 6 aromatic rings. The summed E-state index contributed by atoms with van der Waals surface area (Å²) in [4.78, 5) is 42.9. The van der Waals surface area contributed by atoms with Crippen molar-refractivity contribution < 1.29 is 14.7 Å².